The third-order valence-electron chi connectivity index (χ3n) is 7.31. The Morgan fingerprint density at radius 2 is 1.86 bits per heavy atom. The lowest BCUT2D eigenvalue weighted by atomic mass is 9.57. The first-order chi connectivity index (χ1) is 16.8. The second kappa shape index (κ2) is 8.26. The number of likely N-dealkylation sites (N-methyl/N-ethyl adjacent to an activating group) is 1. The van der Waals surface area contributed by atoms with E-state index in [9.17, 15) is 34.8 Å². The molecule has 6 N–H and O–H groups in total. The minimum atomic E-state index is -2.72. The van der Waals surface area contributed by atoms with Crippen LogP contribution in [0.5, 0.6) is 5.75 Å². The van der Waals surface area contributed by atoms with Crippen molar-refractivity contribution in [1.82, 2.24) is 4.90 Å². The Balaban J connectivity index is 2.03. The predicted molar refractivity (Wildman–Crippen MR) is 127 cm³/mol. The van der Waals surface area contributed by atoms with E-state index < -0.39 is 63.8 Å². The number of aliphatic hydroxyl groups is 3. The SMILES string of the molecule is CN(C)c1cc(N=[N+]=[N-])c(O)c2c1CC1CC3C(N(C)C)C(=O)C(C(N)=O)=C(O)C3(O)C(=O)C1=C2O. The first kappa shape index (κ1) is 25.0. The molecule has 1 fully saturated rings. The summed E-state index contributed by atoms with van der Waals surface area (Å²) in [6.07, 6.45) is 0.115. The first-order valence-electron chi connectivity index (χ1n) is 11.0. The molecule has 13 nitrogen and oxygen atoms in total. The van der Waals surface area contributed by atoms with Crippen LogP contribution in [0.25, 0.3) is 16.2 Å². The number of ketones is 2. The highest BCUT2D eigenvalue weighted by Gasteiger charge is 2.64. The average molecular weight is 498 g/mol. The molecule has 4 rings (SSSR count). The van der Waals surface area contributed by atoms with Gasteiger partial charge in [0.25, 0.3) is 5.91 Å². The number of aromatic hydroxyl groups is 1. The van der Waals surface area contributed by atoms with Crippen LogP contribution in [0.2, 0.25) is 0 Å². The van der Waals surface area contributed by atoms with Gasteiger partial charge in [-0.05, 0) is 50.0 Å². The third kappa shape index (κ3) is 3.17. The highest BCUT2D eigenvalue weighted by molar-refractivity contribution is 6.24. The zero-order valence-electron chi connectivity index (χ0n) is 20.1. The van der Waals surface area contributed by atoms with Gasteiger partial charge < -0.3 is 31.1 Å². The maximum Gasteiger partial charge on any atom is 0.255 e. The summed E-state index contributed by atoms with van der Waals surface area (Å²) >= 11 is 0. The van der Waals surface area contributed by atoms with E-state index in [1.165, 1.54) is 25.1 Å². The number of anilines is 1. The van der Waals surface area contributed by atoms with Crippen molar-refractivity contribution in [3.63, 3.8) is 0 Å². The van der Waals surface area contributed by atoms with Crippen LogP contribution in [-0.4, -0.2) is 82.6 Å². The second-order valence-corrected chi connectivity index (χ2v) is 9.66. The Morgan fingerprint density at radius 3 is 2.39 bits per heavy atom. The molecule has 3 aliphatic rings. The maximum absolute atomic E-state index is 13.8. The van der Waals surface area contributed by atoms with Crippen LogP contribution >= 0.6 is 0 Å². The summed E-state index contributed by atoms with van der Waals surface area (Å²) in [6, 6.07) is 0.296. The molecule has 0 radical (unpaired) electrons. The van der Waals surface area contributed by atoms with E-state index in [0.717, 1.165) is 0 Å². The smallest absolute Gasteiger partial charge is 0.255 e. The van der Waals surface area contributed by atoms with E-state index in [2.05, 4.69) is 10.0 Å². The van der Waals surface area contributed by atoms with Crippen LogP contribution in [0.15, 0.2) is 28.1 Å². The second-order valence-electron chi connectivity index (χ2n) is 9.66. The molecule has 4 unspecified atom stereocenters. The Morgan fingerprint density at radius 1 is 1.22 bits per heavy atom. The average Bonchev–Trinajstić information content (AvgIpc) is 2.77. The fourth-order valence-electron chi connectivity index (χ4n) is 5.80. The summed E-state index contributed by atoms with van der Waals surface area (Å²) in [6.45, 7) is 0. The molecule has 0 heterocycles. The van der Waals surface area contributed by atoms with Gasteiger partial charge in [0.2, 0.25) is 5.78 Å². The van der Waals surface area contributed by atoms with Gasteiger partial charge in [0.05, 0.1) is 17.3 Å². The number of Topliss-reactive ketones (excluding diaryl/α,β-unsaturated/α-hetero) is 2. The lowest BCUT2D eigenvalue weighted by Crippen LogP contribution is -2.65. The van der Waals surface area contributed by atoms with E-state index in [0.29, 0.717) is 11.3 Å². The highest BCUT2D eigenvalue weighted by Crippen LogP contribution is 2.54. The number of rotatable bonds is 4. The van der Waals surface area contributed by atoms with Crippen LogP contribution in [0.3, 0.4) is 0 Å². The number of carbonyl (C=O) groups excluding carboxylic acids is 3. The molecule has 190 valence electrons. The number of phenolic OH excluding ortho intramolecular Hbond substituents is 1. The Bertz CT molecular complexity index is 1340. The topological polar surface area (TPSA) is 213 Å². The van der Waals surface area contributed by atoms with Crippen molar-refractivity contribution in [3.8, 4) is 5.75 Å². The van der Waals surface area contributed by atoms with Gasteiger partial charge in [-0.25, -0.2) is 0 Å². The molecule has 3 aliphatic carbocycles. The van der Waals surface area contributed by atoms with E-state index >= 15 is 0 Å². The van der Waals surface area contributed by atoms with Crippen molar-refractivity contribution in [2.75, 3.05) is 33.1 Å². The van der Waals surface area contributed by atoms with Crippen molar-refractivity contribution in [3.05, 3.63) is 44.5 Å². The van der Waals surface area contributed by atoms with Gasteiger partial charge in [-0.3, -0.25) is 19.3 Å². The largest absolute Gasteiger partial charge is 0.508 e. The quantitative estimate of drug-likeness (QED) is 0.173. The van der Waals surface area contributed by atoms with Gasteiger partial charge in [-0.15, -0.1) is 0 Å². The molecule has 1 aromatic carbocycles. The summed E-state index contributed by atoms with van der Waals surface area (Å²) < 4.78 is 0. The number of azide groups is 1. The Hall–Kier alpha value is -4.06. The van der Waals surface area contributed by atoms with Crippen LogP contribution in [0.4, 0.5) is 11.4 Å². The highest BCUT2D eigenvalue weighted by atomic mass is 16.3. The number of aliphatic hydroxyl groups excluding tert-OH is 2. The molecule has 4 atom stereocenters. The summed E-state index contributed by atoms with van der Waals surface area (Å²) in [4.78, 5) is 44.8. The van der Waals surface area contributed by atoms with Gasteiger partial charge in [-0.2, -0.15) is 0 Å². The van der Waals surface area contributed by atoms with Crippen LogP contribution in [0.1, 0.15) is 17.5 Å². The number of nitrogens with two attached hydrogens (primary N) is 1. The summed E-state index contributed by atoms with van der Waals surface area (Å²) in [5.74, 6) is -7.44. The van der Waals surface area contributed by atoms with Gasteiger partial charge in [0.1, 0.15) is 22.8 Å². The van der Waals surface area contributed by atoms with Gasteiger partial charge in [0.15, 0.2) is 11.4 Å². The number of amides is 1. The molecule has 1 aromatic rings. The maximum atomic E-state index is 13.8. The first-order valence-corrected chi connectivity index (χ1v) is 11.0. The zero-order valence-corrected chi connectivity index (χ0v) is 20.1. The normalized spacial score (nSPS) is 27.3. The fraction of sp³-hybridized carbons (Fsp3) is 0.435. The molecular weight excluding hydrogens is 472 g/mol. The van der Waals surface area contributed by atoms with E-state index in [-0.39, 0.29) is 29.7 Å². The molecule has 0 saturated heterocycles. The molecule has 0 aliphatic heterocycles. The zero-order chi connectivity index (χ0) is 26.9. The standard InChI is InChI=1S/C23H26N6O7/c1-28(2)12-7-11(26-27-25)17(30)14-9(12)5-8-6-10-16(29(3)4)19(32)15(22(24)35)21(34)23(10,36)20(33)13(8)18(14)31/h7-8,10,16,30-31,34,36H,5-6H2,1-4H3,(H2,24,35). The van der Waals surface area contributed by atoms with Gasteiger partial charge >= 0.3 is 0 Å². The number of phenols is 1. The van der Waals surface area contributed by atoms with E-state index in [1.54, 1.807) is 19.0 Å². The number of carbonyl (C=O) groups is 3. The molecule has 36 heavy (non-hydrogen) atoms. The third-order valence-corrected chi connectivity index (χ3v) is 7.31. The van der Waals surface area contributed by atoms with Gasteiger partial charge in [0, 0.05) is 36.2 Å². The van der Waals surface area contributed by atoms with Crippen LogP contribution < -0.4 is 10.6 Å². The Labute approximate surface area is 205 Å². The summed E-state index contributed by atoms with van der Waals surface area (Å²) in [5.41, 5.74) is 11.0. The number of fused-ring (bicyclic) bond motifs is 3. The number of primary amides is 1. The van der Waals surface area contributed by atoms with Crippen LogP contribution in [-0.2, 0) is 20.8 Å². The summed E-state index contributed by atoms with van der Waals surface area (Å²) in [7, 11) is 6.49. The molecule has 0 spiro atoms. The van der Waals surface area contributed by atoms with E-state index in [1.807, 2.05) is 0 Å². The molecule has 0 aromatic heterocycles. The number of nitrogens with zero attached hydrogens (tertiary/aromatic N) is 5. The van der Waals surface area contributed by atoms with E-state index in [4.69, 9.17) is 11.3 Å². The van der Waals surface area contributed by atoms with Gasteiger partial charge in [-0.1, -0.05) is 5.11 Å². The van der Waals surface area contributed by atoms with Crippen molar-refractivity contribution in [1.29, 1.82) is 0 Å². The number of benzene rings is 1. The lowest BCUT2D eigenvalue weighted by Gasteiger charge is -2.50. The van der Waals surface area contributed by atoms with Crippen molar-refractivity contribution in [2.45, 2.75) is 24.5 Å². The summed E-state index contributed by atoms with van der Waals surface area (Å²) in [5, 5.41) is 48.0. The lowest BCUT2D eigenvalue weighted by molar-refractivity contribution is -0.153. The Kier molecular flexibility index (Phi) is 5.75. The molecule has 1 saturated carbocycles. The monoisotopic (exact) mass is 498 g/mol. The van der Waals surface area contributed by atoms with Crippen LogP contribution in [0, 0.1) is 11.8 Å². The minimum absolute atomic E-state index is 0.0164. The van der Waals surface area contributed by atoms with Crippen molar-refractivity contribution in [2.24, 2.45) is 22.7 Å². The van der Waals surface area contributed by atoms with Crippen molar-refractivity contribution >= 4 is 34.6 Å². The molecule has 1 amide bonds. The molecular formula is C23H26N6O7. The van der Waals surface area contributed by atoms with Crippen molar-refractivity contribution < 1.29 is 34.8 Å². The predicted octanol–water partition coefficient (Wildman–Crippen LogP) is 0.972. The number of hydrogen-bond acceptors (Lipinski definition) is 10. The minimum Gasteiger partial charge on any atom is -0.508 e. The number of hydrogen-bond donors (Lipinski definition) is 5. The molecule has 0 bridgehead atoms. The fourth-order valence-corrected chi connectivity index (χ4v) is 5.80. The molecule has 13 heteroatoms.